The summed E-state index contributed by atoms with van der Waals surface area (Å²) in [6.45, 7) is 0. The van der Waals surface area contributed by atoms with Crippen LogP contribution in [0.4, 0.5) is 14.7 Å². The van der Waals surface area contributed by atoms with Crippen LogP contribution >= 0.6 is 31.9 Å². The molecule has 1 unspecified atom stereocenters. The molecule has 0 aliphatic rings. The maximum Gasteiger partial charge on any atom is 0.433 e. The molecular weight excluding hydrogens is 392 g/mol. The first-order valence-electron chi connectivity index (χ1n) is 4.92. The zero-order valence-corrected chi connectivity index (χ0v) is 12.2. The summed E-state index contributed by atoms with van der Waals surface area (Å²) < 4.78 is 32.1. The van der Waals surface area contributed by atoms with Crippen LogP contribution in [-0.4, -0.2) is 4.92 Å². The van der Waals surface area contributed by atoms with E-state index in [0.29, 0.717) is 0 Å². The molecular formula is C11H5Br2F2NO3. The fourth-order valence-corrected chi connectivity index (χ4v) is 2.37. The maximum absolute atomic E-state index is 13.7. The number of benzene rings is 1. The molecule has 0 saturated carbocycles. The van der Waals surface area contributed by atoms with Crippen LogP contribution in [0, 0.1) is 21.7 Å². The number of nitrogens with zero attached hydrogens (tertiary/aromatic N) is 1. The maximum atomic E-state index is 13.7. The summed E-state index contributed by atoms with van der Waals surface area (Å²) in [5.41, 5.74) is -0.00931. The van der Waals surface area contributed by atoms with Gasteiger partial charge in [-0.25, -0.2) is 8.78 Å². The Morgan fingerprint density at radius 3 is 2.53 bits per heavy atom. The van der Waals surface area contributed by atoms with Gasteiger partial charge in [0.05, 0.1) is 10.5 Å². The third-order valence-electron chi connectivity index (χ3n) is 2.35. The molecule has 19 heavy (non-hydrogen) atoms. The monoisotopic (exact) mass is 395 g/mol. The molecule has 0 bridgehead atoms. The van der Waals surface area contributed by atoms with E-state index >= 15 is 0 Å². The number of rotatable bonds is 3. The van der Waals surface area contributed by atoms with Gasteiger partial charge in [0.2, 0.25) is 0 Å². The second kappa shape index (κ2) is 5.38. The highest BCUT2D eigenvalue weighted by molar-refractivity contribution is 9.10. The van der Waals surface area contributed by atoms with E-state index in [1.165, 1.54) is 6.07 Å². The van der Waals surface area contributed by atoms with Crippen molar-refractivity contribution < 1.29 is 18.1 Å². The lowest BCUT2D eigenvalue weighted by Gasteiger charge is -2.09. The third kappa shape index (κ3) is 2.84. The van der Waals surface area contributed by atoms with Gasteiger partial charge in [0.15, 0.2) is 0 Å². The smallest absolute Gasteiger partial charge is 0.404 e. The lowest BCUT2D eigenvalue weighted by Crippen LogP contribution is -1.97. The van der Waals surface area contributed by atoms with Gasteiger partial charge in [-0.3, -0.25) is 10.1 Å². The molecule has 100 valence electrons. The van der Waals surface area contributed by atoms with Crippen LogP contribution in [0.2, 0.25) is 0 Å². The van der Waals surface area contributed by atoms with E-state index in [2.05, 4.69) is 31.9 Å². The number of hydrogen-bond donors (Lipinski definition) is 0. The molecule has 0 radical (unpaired) electrons. The predicted octanol–water partition coefficient (Wildman–Crippen LogP) is 4.71. The molecule has 0 amide bonds. The number of nitro groups is 1. The van der Waals surface area contributed by atoms with Crippen LogP contribution in [0.3, 0.4) is 0 Å². The van der Waals surface area contributed by atoms with Crippen LogP contribution in [0.15, 0.2) is 33.2 Å². The zero-order chi connectivity index (χ0) is 14.2. The minimum atomic E-state index is -0.816. The molecule has 0 spiro atoms. The molecule has 0 N–H and O–H groups in total. The Labute approximate surface area is 122 Å². The molecule has 0 aliphatic heterocycles. The van der Waals surface area contributed by atoms with Crippen LogP contribution in [-0.2, 0) is 0 Å². The Hall–Kier alpha value is -1.28. The number of alkyl halides is 1. The van der Waals surface area contributed by atoms with E-state index in [-0.39, 0.29) is 15.8 Å². The molecule has 4 nitrogen and oxygen atoms in total. The minimum absolute atomic E-state index is 0.00104. The standard InChI is InChI=1S/C11H5Br2F2NO3/c12-6-4-7(14)5(3-8(6)15)11(13)9-1-2-10(19-9)16(17)18/h1-4,11H. The first-order valence-corrected chi connectivity index (χ1v) is 6.63. The Bertz CT molecular complexity index is 645. The molecule has 1 atom stereocenters. The largest absolute Gasteiger partial charge is 0.433 e. The topological polar surface area (TPSA) is 56.3 Å². The van der Waals surface area contributed by atoms with Crippen LogP contribution in [0.25, 0.3) is 0 Å². The van der Waals surface area contributed by atoms with Crippen molar-refractivity contribution in [1.29, 1.82) is 0 Å². The molecule has 1 aromatic heterocycles. The summed E-state index contributed by atoms with van der Waals surface area (Å²) >= 11 is 5.99. The molecule has 0 fully saturated rings. The Morgan fingerprint density at radius 2 is 1.95 bits per heavy atom. The molecule has 2 aromatic rings. The van der Waals surface area contributed by atoms with Gasteiger partial charge in [-0.1, -0.05) is 15.9 Å². The van der Waals surface area contributed by atoms with Crippen molar-refractivity contribution in [3.8, 4) is 0 Å². The lowest BCUT2D eigenvalue weighted by atomic mass is 10.1. The molecule has 1 heterocycles. The summed E-state index contributed by atoms with van der Waals surface area (Å²) in [7, 11) is 0. The molecule has 0 aliphatic carbocycles. The Morgan fingerprint density at radius 1 is 1.26 bits per heavy atom. The second-order valence-corrected chi connectivity index (χ2v) is 5.35. The first kappa shape index (κ1) is 14.1. The van der Waals surface area contributed by atoms with E-state index in [1.54, 1.807) is 0 Å². The van der Waals surface area contributed by atoms with Crippen LogP contribution in [0.5, 0.6) is 0 Å². The van der Waals surface area contributed by atoms with E-state index < -0.39 is 27.3 Å². The van der Waals surface area contributed by atoms with Crippen LogP contribution < -0.4 is 0 Å². The number of furan rings is 1. The van der Waals surface area contributed by atoms with Crippen LogP contribution in [0.1, 0.15) is 16.2 Å². The van der Waals surface area contributed by atoms with E-state index in [9.17, 15) is 18.9 Å². The van der Waals surface area contributed by atoms with Crippen molar-refractivity contribution in [3.05, 3.63) is 61.8 Å². The van der Waals surface area contributed by atoms with Crippen molar-refractivity contribution in [2.75, 3.05) is 0 Å². The third-order valence-corrected chi connectivity index (χ3v) is 3.91. The SMILES string of the molecule is O=[N+]([O-])c1ccc(C(Br)c2cc(F)c(Br)cc2F)o1. The highest BCUT2D eigenvalue weighted by Gasteiger charge is 2.23. The fraction of sp³-hybridized carbons (Fsp3) is 0.0909. The fourth-order valence-electron chi connectivity index (χ4n) is 1.46. The van der Waals surface area contributed by atoms with Gasteiger partial charge in [-0.05, 0) is 34.1 Å². The highest BCUT2D eigenvalue weighted by atomic mass is 79.9. The molecule has 0 saturated heterocycles. The van der Waals surface area contributed by atoms with Crippen molar-refractivity contribution in [3.63, 3.8) is 0 Å². The van der Waals surface area contributed by atoms with Gasteiger partial charge in [-0.15, -0.1) is 0 Å². The summed E-state index contributed by atoms with van der Waals surface area (Å²) in [4.78, 5) is 8.97. The Balaban J connectivity index is 2.40. The summed E-state index contributed by atoms with van der Waals surface area (Å²) in [5, 5.41) is 10.5. The summed E-state index contributed by atoms with van der Waals surface area (Å²) in [6.07, 6.45) is 0. The number of halogens is 4. The van der Waals surface area contributed by atoms with E-state index in [0.717, 1.165) is 18.2 Å². The second-order valence-electron chi connectivity index (χ2n) is 3.58. The predicted molar refractivity (Wildman–Crippen MR) is 70.2 cm³/mol. The molecule has 8 heteroatoms. The van der Waals surface area contributed by atoms with Gasteiger partial charge >= 0.3 is 5.88 Å². The van der Waals surface area contributed by atoms with Crippen molar-refractivity contribution >= 4 is 37.7 Å². The Kier molecular flexibility index (Phi) is 4.00. The van der Waals surface area contributed by atoms with Crippen molar-refractivity contribution in [1.82, 2.24) is 0 Å². The van der Waals surface area contributed by atoms with E-state index in [4.69, 9.17) is 4.42 Å². The zero-order valence-electron chi connectivity index (χ0n) is 9.07. The molecule has 1 aromatic carbocycles. The highest BCUT2D eigenvalue weighted by Crippen LogP contribution is 2.36. The van der Waals surface area contributed by atoms with Gasteiger partial charge in [0, 0.05) is 5.56 Å². The normalized spacial score (nSPS) is 12.4. The van der Waals surface area contributed by atoms with E-state index in [1.807, 2.05) is 0 Å². The number of hydrogen-bond acceptors (Lipinski definition) is 3. The van der Waals surface area contributed by atoms with Gasteiger partial charge < -0.3 is 4.42 Å². The average Bonchev–Trinajstić information content (AvgIpc) is 2.82. The molecule has 2 rings (SSSR count). The average molecular weight is 397 g/mol. The van der Waals surface area contributed by atoms with Gasteiger partial charge in [0.25, 0.3) is 0 Å². The van der Waals surface area contributed by atoms with Crippen molar-refractivity contribution in [2.45, 2.75) is 4.83 Å². The summed E-state index contributed by atoms with van der Waals surface area (Å²) in [5.74, 6) is -1.64. The lowest BCUT2D eigenvalue weighted by molar-refractivity contribution is -0.402. The minimum Gasteiger partial charge on any atom is -0.404 e. The van der Waals surface area contributed by atoms with Gasteiger partial charge in [0.1, 0.15) is 27.1 Å². The van der Waals surface area contributed by atoms with Gasteiger partial charge in [-0.2, -0.15) is 0 Å². The summed E-state index contributed by atoms with van der Waals surface area (Å²) in [6, 6.07) is 4.46. The van der Waals surface area contributed by atoms with Crippen molar-refractivity contribution in [2.24, 2.45) is 0 Å². The quantitative estimate of drug-likeness (QED) is 0.326. The first-order chi connectivity index (χ1) is 8.90.